The number of ketones is 1. The first kappa shape index (κ1) is 12.7. The van der Waals surface area contributed by atoms with Gasteiger partial charge in [-0.2, -0.15) is 0 Å². The van der Waals surface area contributed by atoms with Gasteiger partial charge in [-0.1, -0.05) is 17.7 Å². The molecule has 1 aromatic carbocycles. The van der Waals surface area contributed by atoms with Crippen LogP contribution in [0.25, 0.3) is 0 Å². The molecule has 2 aromatic rings. The van der Waals surface area contributed by atoms with Crippen LogP contribution in [0.5, 0.6) is 0 Å². The fourth-order valence-corrected chi connectivity index (χ4v) is 1.76. The molecule has 0 saturated carbocycles. The molecule has 0 fully saturated rings. The average molecular weight is 264 g/mol. The lowest BCUT2D eigenvalue weighted by Crippen LogP contribution is -2.04. The van der Waals surface area contributed by atoms with Crippen molar-refractivity contribution in [3.8, 4) is 0 Å². The molecule has 0 spiro atoms. The Balaban J connectivity index is 2.18. The smallest absolute Gasteiger partial charge is 0.168 e. The van der Waals surface area contributed by atoms with E-state index in [0.717, 1.165) is 5.56 Å². The van der Waals surface area contributed by atoms with Gasteiger partial charge in [-0.25, -0.2) is 4.39 Å². The molecule has 18 heavy (non-hydrogen) atoms. The molecular weight excluding hydrogens is 253 g/mol. The van der Waals surface area contributed by atoms with E-state index in [0.29, 0.717) is 11.1 Å². The lowest BCUT2D eigenvalue weighted by atomic mass is 10.0. The third-order valence-electron chi connectivity index (χ3n) is 2.55. The number of carbonyl (C=O) groups excluding carboxylic acids is 1. The van der Waals surface area contributed by atoms with Gasteiger partial charge in [0, 0.05) is 24.4 Å². The summed E-state index contributed by atoms with van der Waals surface area (Å²) in [4.78, 5) is 15.9. The highest BCUT2D eigenvalue weighted by atomic mass is 35.5. The molecule has 2 rings (SSSR count). The van der Waals surface area contributed by atoms with E-state index in [1.807, 2.05) is 6.92 Å². The molecule has 0 aliphatic rings. The molecule has 0 saturated heterocycles. The summed E-state index contributed by atoms with van der Waals surface area (Å²) in [5.74, 6) is -0.600. The van der Waals surface area contributed by atoms with Gasteiger partial charge in [0.05, 0.1) is 5.02 Å². The number of Topliss-reactive ketones (excluding diaryl/α,β-unsaturated/α-hetero) is 1. The van der Waals surface area contributed by atoms with Crippen LogP contribution in [0, 0.1) is 12.7 Å². The van der Waals surface area contributed by atoms with Gasteiger partial charge in [0.1, 0.15) is 5.82 Å². The van der Waals surface area contributed by atoms with Crippen molar-refractivity contribution in [1.82, 2.24) is 4.98 Å². The molecule has 0 radical (unpaired) electrons. The number of hydrogen-bond acceptors (Lipinski definition) is 2. The second-order valence-corrected chi connectivity index (χ2v) is 4.51. The molecule has 0 aliphatic carbocycles. The van der Waals surface area contributed by atoms with Crippen molar-refractivity contribution in [1.29, 1.82) is 0 Å². The summed E-state index contributed by atoms with van der Waals surface area (Å²) in [7, 11) is 0. The zero-order chi connectivity index (χ0) is 13.1. The molecular formula is C14H11ClFNO. The van der Waals surface area contributed by atoms with Gasteiger partial charge in [0.25, 0.3) is 0 Å². The van der Waals surface area contributed by atoms with Crippen LogP contribution in [-0.4, -0.2) is 10.8 Å². The predicted octanol–water partition coefficient (Wildman–Crippen LogP) is 3.61. The molecule has 1 heterocycles. The zero-order valence-corrected chi connectivity index (χ0v) is 10.5. The lowest BCUT2D eigenvalue weighted by Gasteiger charge is -2.03. The van der Waals surface area contributed by atoms with Gasteiger partial charge in [0.2, 0.25) is 0 Å². The van der Waals surface area contributed by atoms with Crippen LogP contribution < -0.4 is 0 Å². The Kier molecular flexibility index (Phi) is 3.72. The van der Waals surface area contributed by atoms with E-state index in [9.17, 15) is 9.18 Å². The summed E-state index contributed by atoms with van der Waals surface area (Å²) in [5, 5.41) is 0.0587. The number of nitrogens with zero attached hydrogens (tertiary/aromatic N) is 1. The first-order valence-electron chi connectivity index (χ1n) is 5.45. The lowest BCUT2D eigenvalue weighted by molar-refractivity contribution is 0.0992. The van der Waals surface area contributed by atoms with Crippen LogP contribution in [0.15, 0.2) is 36.7 Å². The standard InChI is InChI=1S/C14H11ClFNO/c1-9-4-11(8-17-7-9)14(18)6-10-2-3-12(15)13(16)5-10/h2-5,7-8H,6H2,1H3. The molecule has 92 valence electrons. The molecule has 1 aromatic heterocycles. The van der Waals surface area contributed by atoms with Crippen LogP contribution in [0.3, 0.4) is 0 Å². The monoisotopic (exact) mass is 263 g/mol. The van der Waals surface area contributed by atoms with Gasteiger partial charge >= 0.3 is 0 Å². The maximum atomic E-state index is 13.2. The SMILES string of the molecule is Cc1cncc(C(=O)Cc2ccc(Cl)c(F)c2)c1. The summed E-state index contributed by atoms with van der Waals surface area (Å²) in [6, 6.07) is 6.14. The molecule has 0 N–H and O–H groups in total. The van der Waals surface area contributed by atoms with E-state index in [1.165, 1.54) is 18.3 Å². The van der Waals surface area contributed by atoms with Crippen LogP contribution in [-0.2, 0) is 6.42 Å². The fraction of sp³-hybridized carbons (Fsp3) is 0.143. The minimum absolute atomic E-state index is 0.0587. The van der Waals surface area contributed by atoms with E-state index in [-0.39, 0.29) is 17.2 Å². The normalized spacial score (nSPS) is 10.4. The Morgan fingerprint density at radius 1 is 1.33 bits per heavy atom. The number of carbonyl (C=O) groups is 1. The zero-order valence-electron chi connectivity index (χ0n) is 9.78. The van der Waals surface area contributed by atoms with Crippen molar-refractivity contribution in [2.75, 3.05) is 0 Å². The minimum Gasteiger partial charge on any atom is -0.294 e. The number of rotatable bonds is 3. The summed E-state index contributed by atoms with van der Waals surface area (Å²) in [5.41, 5.74) is 2.05. The van der Waals surface area contributed by atoms with Gasteiger partial charge in [-0.3, -0.25) is 9.78 Å². The summed E-state index contributed by atoms with van der Waals surface area (Å²) in [6.07, 6.45) is 3.33. The van der Waals surface area contributed by atoms with Crippen molar-refractivity contribution < 1.29 is 9.18 Å². The third-order valence-corrected chi connectivity index (χ3v) is 2.85. The van der Waals surface area contributed by atoms with Crippen LogP contribution in [0.4, 0.5) is 4.39 Å². The van der Waals surface area contributed by atoms with Gasteiger partial charge in [-0.15, -0.1) is 0 Å². The maximum Gasteiger partial charge on any atom is 0.168 e. The van der Waals surface area contributed by atoms with Crippen molar-refractivity contribution >= 4 is 17.4 Å². The number of aryl methyl sites for hydroxylation is 1. The van der Waals surface area contributed by atoms with E-state index in [2.05, 4.69) is 4.98 Å². The highest BCUT2D eigenvalue weighted by Gasteiger charge is 2.09. The Labute approximate surface area is 109 Å². The van der Waals surface area contributed by atoms with Crippen LogP contribution in [0.1, 0.15) is 21.5 Å². The Morgan fingerprint density at radius 2 is 2.11 bits per heavy atom. The van der Waals surface area contributed by atoms with E-state index < -0.39 is 5.82 Å². The van der Waals surface area contributed by atoms with Gasteiger partial charge in [-0.05, 0) is 36.2 Å². The summed E-state index contributed by atoms with van der Waals surface area (Å²) < 4.78 is 13.2. The van der Waals surface area contributed by atoms with E-state index in [4.69, 9.17) is 11.6 Å². The molecule has 0 bridgehead atoms. The van der Waals surface area contributed by atoms with Crippen LogP contribution >= 0.6 is 11.6 Å². The first-order chi connectivity index (χ1) is 8.56. The highest BCUT2D eigenvalue weighted by Crippen LogP contribution is 2.17. The maximum absolute atomic E-state index is 13.2. The Hall–Kier alpha value is -1.74. The second kappa shape index (κ2) is 5.27. The predicted molar refractivity (Wildman–Crippen MR) is 68.4 cm³/mol. The Bertz CT molecular complexity index is 598. The third kappa shape index (κ3) is 2.93. The number of aromatic nitrogens is 1. The Morgan fingerprint density at radius 3 is 2.78 bits per heavy atom. The first-order valence-corrected chi connectivity index (χ1v) is 5.83. The highest BCUT2D eigenvalue weighted by molar-refractivity contribution is 6.30. The molecule has 0 aliphatic heterocycles. The number of benzene rings is 1. The molecule has 0 unspecified atom stereocenters. The second-order valence-electron chi connectivity index (χ2n) is 4.10. The van der Waals surface area contributed by atoms with Crippen molar-refractivity contribution in [2.45, 2.75) is 13.3 Å². The summed E-state index contributed by atoms with van der Waals surface area (Å²) in [6.45, 7) is 1.87. The van der Waals surface area contributed by atoms with Crippen molar-refractivity contribution in [3.63, 3.8) is 0 Å². The number of halogens is 2. The molecule has 4 heteroatoms. The largest absolute Gasteiger partial charge is 0.294 e. The average Bonchev–Trinajstić information content (AvgIpc) is 2.34. The van der Waals surface area contributed by atoms with E-state index in [1.54, 1.807) is 18.3 Å². The van der Waals surface area contributed by atoms with Gasteiger partial charge in [0.15, 0.2) is 5.78 Å². The quantitative estimate of drug-likeness (QED) is 0.792. The van der Waals surface area contributed by atoms with Crippen LogP contribution in [0.2, 0.25) is 5.02 Å². The topological polar surface area (TPSA) is 30.0 Å². The molecule has 0 atom stereocenters. The van der Waals surface area contributed by atoms with Crippen molar-refractivity contribution in [2.24, 2.45) is 0 Å². The number of pyridine rings is 1. The molecule has 0 amide bonds. The van der Waals surface area contributed by atoms with Gasteiger partial charge < -0.3 is 0 Å². The fourth-order valence-electron chi connectivity index (χ4n) is 1.64. The molecule has 2 nitrogen and oxygen atoms in total. The number of hydrogen-bond donors (Lipinski definition) is 0. The van der Waals surface area contributed by atoms with E-state index >= 15 is 0 Å². The summed E-state index contributed by atoms with van der Waals surface area (Å²) >= 11 is 5.59. The van der Waals surface area contributed by atoms with Crippen molar-refractivity contribution in [3.05, 3.63) is 64.2 Å². The minimum atomic E-state index is -0.510.